The van der Waals surface area contributed by atoms with E-state index in [9.17, 15) is 0 Å². The minimum absolute atomic E-state index is 0.159. The van der Waals surface area contributed by atoms with Gasteiger partial charge in [0.1, 0.15) is 19.0 Å². The number of aromatic nitrogens is 2. The molecule has 0 aliphatic carbocycles. The predicted octanol–water partition coefficient (Wildman–Crippen LogP) is 1.65. The molecule has 0 amide bonds. The van der Waals surface area contributed by atoms with Gasteiger partial charge in [-0.2, -0.15) is 5.10 Å². The van der Waals surface area contributed by atoms with Gasteiger partial charge < -0.3 is 9.84 Å². The van der Waals surface area contributed by atoms with E-state index in [4.69, 9.17) is 9.84 Å². The number of benzene rings is 1. The van der Waals surface area contributed by atoms with Gasteiger partial charge in [-0.05, 0) is 30.7 Å². The predicted molar refractivity (Wildman–Crippen MR) is 72.7 cm³/mol. The Hall–Kier alpha value is -2.25. The summed E-state index contributed by atoms with van der Waals surface area (Å²) in [6, 6.07) is 7.71. The molecule has 0 saturated heterocycles. The van der Waals surface area contributed by atoms with Crippen LogP contribution in [0, 0.1) is 18.8 Å². The quantitative estimate of drug-likeness (QED) is 0.849. The summed E-state index contributed by atoms with van der Waals surface area (Å²) in [6.45, 7) is 2.23. The van der Waals surface area contributed by atoms with Crippen LogP contribution in [0.3, 0.4) is 0 Å². The molecule has 1 aromatic carbocycles. The molecular weight excluding hydrogens is 240 g/mol. The Morgan fingerprint density at radius 1 is 1.37 bits per heavy atom. The van der Waals surface area contributed by atoms with Crippen LogP contribution in [0.4, 0.5) is 0 Å². The average Bonchev–Trinajstić information content (AvgIpc) is 2.81. The lowest BCUT2D eigenvalue weighted by Crippen LogP contribution is -1.99. The molecule has 98 valence electrons. The molecule has 2 aromatic rings. The van der Waals surface area contributed by atoms with Crippen LogP contribution in [0.15, 0.2) is 30.5 Å². The van der Waals surface area contributed by atoms with Crippen LogP contribution in [0.25, 0.3) is 0 Å². The lowest BCUT2D eigenvalue weighted by molar-refractivity contribution is 0.299. The highest BCUT2D eigenvalue weighted by Crippen LogP contribution is 2.20. The molecule has 0 unspecified atom stereocenters. The molecule has 1 heterocycles. The summed E-state index contributed by atoms with van der Waals surface area (Å²) in [4.78, 5) is 0. The third kappa shape index (κ3) is 3.60. The molecule has 0 spiro atoms. The van der Waals surface area contributed by atoms with Gasteiger partial charge in [-0.1, -0.05) is 17.9 Å². The van der Waals surface area contributed by atoms with E-state index in [0.717, 1.165) is 16.8 Å². The molecular formula is C15H16N2O2. The molecule has 19 heavy (non-hydrogen) atoms. The highest BCUT2D eigenvalue weighted by atomic mass is 16.5. The van der Waals surface area contributed by atoms with Gasteiger partial charge in [0, 0.05) is 13.2 Å². The largest absolute Gasteiger partial charge is 0.486 e. The van der Waals surface area contributed by atoms with Gasteiger partial charge in [0.2, 0.25) is 0 Å². The second kappa shape index (κ2) is 6.07. The van der Waals surface area contributed by atoms with Crippen LogP contribution >= 0.6 is 0 Å². The standard InChI is InChI=1S/C15H16N2O2/c1-12-5-6-15(13(10-12)4-3-9-18)19-11-14-7-8-17(2)16-14/h5-8,10,18H,9,11H2,1-2H3. The number of aliphatic hydroxyl groups excluding tert-OH is 1. The summed E-state index contributed by atoms with van der Waals surface area (Å²) in [5.41, 5.74) is 2.75. The zero-order valence-electron chi connectivity index (χ0n) is 11.1. The van der Waals surface area contributed by atoms with Gasteiger partial charge in [-0.3, -0.25) is 4.68 Å². The second-order valence-electron chi connectivity index (χ2n) is 4.23. The minimum atomic E-state index is -0.159. The molecule has 0 aliphatic heterocycles. The maximum Gasteiger partial charge on any atom is 0.135 e. The van der Waals surface area contributed by atoms with Crippen molar-refractivity contribution in [2.45, 2.75) is 13.5 Å². The number of hydrogen-bond donors (Lipinski definition) is 1. The highest BCUT2D eigenvalue weighted by Gasteiger charge is 2.04. The number of rotatable bonds is 3. The second-order valence-corrected chi connectivity index (χ2v) is 4.23. The van der Waals surface area contributed by atoms with Gasteiger partial charge in [-0.25, -0.2) is 0 Å². The van der Waals surface area contributed by atoms with Gasteiger partial charge >= 0.3 is 0 Å². The Balaban J connectivity index is 2.15. The van der Waals surface area contributed by atoms with Crippen molar-refractivity contribution in [1.82, 2.24) is 9.78 Å². The fourth-order valence-electron chi connectivity index (χ4n) is 1.69. The molecule has 1 N–H and O–H groups in total. The topological polar surface area (TPSA) is 47.3 Å². The van der Waals surface area contributed by atoms with Crippen molar-refractivity contribution in [3.05, 3.63) is 47.3 Å². The molecule has 0 atom stereocenters. The minimum Gasteiger partial charge on any atom is -0.486 e. The van der Waals surface area contributed by atoms with Crippen molar-refractivity contribution in [3.8, 4) is 17.6 Å². The van der Waals surface area contributed by atoms with Gasteiger partial charge in [0.15, 0.2) is 0 Å². The summed E-state index contributed by atoms with van der Waals surface area (Å²) in [6.07, 6.45) is 1.88. The van der Waals surface area contributed by atoms with E-state index in [1.807, 2.05) is 44.4 Å². The van der Waals surface area contributed by atoms with Crippen LogP contribution < -0.4 is 4.74 Å². The first-order valence-electron chi connectivity index (χ1n) is 6.01. The number of ether oxygens (including phenoxy) is 1. The maximum atomic E-state index is 8.77. The third-order valence-electron chi connectivity index (χ3n) is 2.58. The molecule has 1 aromatic heterocycles. The first-order chi connectivity index (χ1) is 9.19. The molecule has 4 nitrogen and oxygen atoms in total. The van der Waals surface area contributed by atoms with E-state index < -0.39 is 0 Å². The average molecular weight is 256 g/mol. The zero-order valence-corrected chi connectivity index (χ0v) is 11.1. The van der Waals surface area contributed by atoms with Crippen molar-refractivity contribution < 1.29 is 9.84 Å². The summed E-state index contributed by atoms with van der Waals surface area (Å²) >= 11 is 0. The summed E-state index contributed by atoms with van der Waals surface area (Å²) in [5, 5.41) is 13.0. The first-order valence-corrected chi connectivity index (χ1v) is 6.01. The SMILES string of the molecule is Cc1ccc(OCc2ccn(C)n2)c(C#CCO)c1. The van der Waals surface area contributed by atoms with Gasteiger partial charge in [-0.15, -0.1) is 0 Å². The van der Waals surface area contributed by atoms with Crippen LogP contribution in [-0.2, 0) is 13.7 Å². The number of aryl methyl sites for hydroxylation is 2. The van der Waals surface area contributed by atoms with E-state index >= 15 is 0 Å². The maximum absolute atomic E-state index is 8.77. The van der Waals surface area contributed by atoms with E-state index in [1.54, 1.807) is 4.68 Å². The lowest BCUT2D eigenvalue weighted by Gasteiger charge is -2.07. The number of aliphatic hydroxyl groups is 1. The van der Waals surface area contributed by atoms with Crippen molar-refractivity contribution in [2.24, 2.45) is 7.05 Å². The molecule has 4 heteroatoms. The fourth-order valence-corrected chi connectivity index (χ4v) is 1.69. The smallest absolute Gasteiger partial charge is 0.135 e. The molecule has 2 rings (SSSR count). The monoisotopic (exact) mass is 256 g/mol. The zero-order chi connectivity index (χ0) is 13.7. The van der Waals surface area contributed by atoms with E-state index in [2.05, 4.69) is 16.9 Å². The van der Waals surface area contributed by atoms with Gasteiger partial charge in [0.25, 0.3) is 0 Å². The van der Waals surface area contributed by atoms with Crippen molar-refractivity contribution >= 4 is 0 Å². The third-order valence-corrected chi connectivity index (χ3v) is 2.58. The molecule has 0 aliphatic rings. The Labute approximate surface area is 112 Å². The fraction of sp³-hybridized carbons (Fsp3) is 0.267. The molecule has 0 bridgehead atoms. The summed E-state index contributed by atoms with van der Waals surface area (Å²) < 4.78 is 7.47. The van der Waals surface area contributed by atoms with Gasteiger partial charge in [0.05, 0.1) is 11.3 Å². The molecule has 0 radical (unpaired) electrons. The summed E-state index contributed by atoms with van der Waals surface area (Å²) in [5.74, 6) is 6.24. The Kier molecular flexibility index (Phi) is 4.22. The van der Waals surface area contributed by atoms with Crippen LogP contribution in [-0.4, -0.2) is 21.5 Å². The van der Waals surface area contributed by atoms with Crippen molar-refractivity contribution in [3.63, 3.8) is 0 Å². The molecule has 0 fully saturated rings. The normalized spacial score (nSPS) is 9.84. The van der Waals surface area contributed by atoms with Crippen LogP contribution in [0.2, 0.25) is 0 Å². The summed E-state index contributed by atoms with van der Waals surface area (Å²) in [7, 11) is 1.87. The number of hydrogen-bond acceptors (Lipinski definition) is 3. The first kappa shape index (κ1) is 13.2. The molecule has 0 saturated carbocycles. The van der Waals surface area contributed by atoms with E-state index in [0.29, 0.717) is 12.4 Å². The van der Waals surface area contributed by atoms with Crippen molar-refractivity contribution in [1.29, 1.82) is 0 Å². The van der Waals surface area contributed by atoms with Crippen molar-refractivity contribution in [2.75, 3.05) is 6.61 Å². The lowest BCUT2D eigenvalue weighted by atomic mass is 10.1. The Morgan fingerprint density at radius 3 is 2.89 bits per heavy atom. The van der Waals surface area contributed by atoms with E-state index in [-0.39, 0.29) is 6.61 Å². The van der Waals surface area contributed by atoms with Crippen LogP contribution in [0.1, 0.15) is 16.8 Å². The van der Waals surface area contributed by atoms with E-state index in [1.165, 1.54) is 0 Å². The Morgan fingerprint density at radius 2 is 2.21 bits per heavy atom. The Bertz CT molecular complexity index is 621. The highest BCUT2D eigenvalue weighted by molar-refractivity contribution is 5.48. The number of nitrogens with zero attached hydrogens (tertiary/aromatic N) is 2. The van der Waals surface area contributed by atoms with Crippen LogP contribution in [0.5, 0.6) is 5.75 Å².